The number of nitrogens with two attached hydrogens (primary N) is 1. The van der Waals surface area contributed by atoms with Crippen LogP contribution in [0.3, 0.4) is 0 Å². The zero-order chi connectivity index (χ0) is 13.4. The van der Waals surface area contributed by atoms with Crippen LogP contribution in [0.1, 0.15) is 28.2 Å². The number of imidazole rings is 1. The SMILES string of the molecule is Cc1cc(C)c(-c2nc(CN)n(C)c2C)cc1C. The fourth-order valence-corrected chi connectivity index (χ4v) is 2.29. The zero-order valence-electron chi connectivity index (χ0n) is 11.8. The molecule has 2 aromatic rings. The zero-order valence-corrected chi connectivity index (χ0v) is 11.8. The fraction of sp³-hybridized carbons (Fsp3) is 0.400. The molecule has 0 amide bonds. The van der Waals surface area contributed by atoms with Gasteiger partial charge < -0.3 is 10.3 Å². The average Bonchev–Trinajstić information content (AvgIpc) is 2.61. The van der Waals surface area contributed by atoms with Gasteiger partial charge in [-0.3, -0.25) is 0 Å². The number of nitrogens with zero attached hydrogens (tertiary/aromatic N) is 2. The molecule has 3 nitrogen and oxygen atoms in total. The van der Waals surface area contributed by atoms with Gasteiger partial charge in [-0.25, -0.2) is 4.98 Å². The molecule has 1 heterocycles. The first-order valence-electron chi connectivity index (χ1n) is 6.26. The summed E-state index contributed by atoms with van der Waals surface area (Å²) in [6.07, 6.45) is 0. The molecule has 1 aromatic heterocycles. The number of benzene rings is 1. The van der Waals surface area contributed by atoms with Gasteiger partial charge in [0.25, 0.3) is 0 Å². The lowest BCUT2D eigenvalue weighted by atomic mass is 9.98. The molecule has 1 aromatic carbocycles. The van der Waals surface area contributed by atoms with Crippen LogP contribution in [0.2, 0.25) is 0 Å². The Labute approximate surface area is 109 Å². The molecular formula is C15H21N3. The monoisotopic (exact) mass is 243 g/mol. The van der Waals surface area contributed by atoms with Gasteiger partial charge in [0.15, 0.2) is 0 Å². The molecule has 2 rings (SSSR count). The van der Waals surface area contributed by atoms with Crippen LogP contribution in [0.4, 0.5) is 0 Å². The van der Waals surface area contributed by atoms with E-state index in [0.29, 0.717) is 6.54 Å². The summed E-state index contributed by atoms with van der Waals surface area (Å²) in [5.41, 5.74) is 13.0. The fourth-order valence-electron chi connectivity index (χ4n) is 2.29. The first kappa shape index (κ1) is 12.8. The minimum absolute atomic E-state index is 0.473. The highest BCUT2D eigenvalue weighted by molar-refractivity contribution is 5.67. The topological polar surface area (TPSA) is 43.8 Å². The second kappa shape index (κ2) is 4.58. The van der Waals surface area contributed by atoms with Gasteiger partial charge in [0.1, 0.15) is 5.82 Å². The van der Waals surface area contributed by atoms with E-state index in [4.69, 9.17) is 5.73 Å². The van der Waals surface area contributed by atoms with E-state index in [2.05, 4.69) is 49.4 Å². The third-order valence-electron chi connectivity index (χ3n) is 3.75. The second-order valence-electron chi connectivity index (χ2n) is 4.98. The molecule has 0 spiro atoms. The Hall–Kier alpha value is -1.61. The molecular weight excluding hydrogens is 222 g/mol. The molecule has 0 aliphatic rings. The third-order valence-corrected chi connectivity index (χ3v) is 3.75. The molecule has 0 fully saturated rings. The molecule has 18 heavy (non-hydrogen) atoms. The molecule has 0 aliphatic heterocycles. The summed E-state index contributed by atoms with van der Waals surface area (Å²) in [6.45, 7) is 8.98. The number of aromatic nitrogens is 2. The van der Waals surface area contributed by atoms with Crippen molar-refractivity contribution in [3.05, 3.63) is 40.3 Å². The highest BCUT2D eigenvalue weighted by atomic mass is 15.1. The maximum atomic E-state index is 5.72. The lowest BCUT2D eigenvalue weighted by molar-refractivity contribution is 0.774. The minimum Gasteiger partial charge on any atom is -0.334 e. The van der Waals surface area contributed by atoms with Gasteiger partial charge in [-0.2, -0.15) is 0 Å². The number of hydrogen-bond acceptors (Lipinski definition) is 2. The number of rotatable bonds is 2. The third kappa shape index (κ3) is 1.95. The van der Waals surface area contributed by atoms with Crippen molar-refractivity contribution >= 4 is 0 Å². The Morgan fingerprint density at radius 3 is 2.22 bits per heavy atom. The van der Waals surface area contributed by atoms with E-state index in [1.54, 1.807) is 0 Å². The van der Waals surface area contributed by atoms with Crippen molar-refractivity contribution in [2.45, 2.75) is 34.2 Å². The summed E-state index contributed by atoms with van der Waals surface area (Å²) in [4.78, 5) is 4.67. The highest BCUT2D eigenvalue weighted by Gasteiger charge is 2.14. The lowest BCUT2D eigenvalue weighted by Crippen LogP contribution is -2.05. The van der Waals surface area contributed by atoms with E-state index >= 15 is 0 Å². The van der Waals surface area contributed by atoms with Crippen molar-refractivity contribution in [2.24, 2.45) is 12.8 Å². The number of hydrogen-bond donors (Lipinski definition) is 1. The Balaban J connectivity index is 2.66. The average molecular weight is 243 g/mol. The summed E-state index contributed by atoms with van der Waals surface area (Å²) in [5.74, 6) is 0.931. The summed E-state index contributed by atoms with van der Waals surface area (Å²) in [5, 5.41) is 0. The molecule has 0 bridgehead atoms. The summed E-state index contributed by atoms with van der Waals surface area (Å²) < 4.78 is 2.07. The van der Waals surface area contributed by atoms with E-state index in [-0.39, 0.29) is 0 Å². The van der Waals surface area contributed by atoms with Crippen LogP contribution >= 0.6 is 0 Å². The maximum absolute atomic E-state index is 5.72. The predicted molar refractivity (Wildman–Crippen MR) is 75.5 cm³/mol. The van der Waals surface area contributed by atoms with Gasteiger partial charge in [0, 0.05) is 18.3 Å². The standard InChI is InChI=1S/C15H21N3/c1-9-6-11(3)13(7-10(9)2)15-12(4)18(5)14(8-16)17-15/h6-7H,8,16H2,1-5H3. The Bertz CT molecular complexity index is 594. The molecule has 3 heteroatoms. The van der Waals surface area contributed by atoms with Crippen LogP contribution in [0, 0.1) is 27.7 Å². The van der Waals surface area contributed by atoms with Gasteiger partial charge in [-0.05, 0) is 50.5 Å². The van der Waals surface area contributed by atoms with Crippen molar-refractivity contribution in [1.82, 2.24) is 9.55 Å². The van der Waals surface area contributed by atoms with Crippen LogP contribution in [0.25, 0.3) is 11.3 Å². The van der Waals surface area contributed by atoms with Crippen molar-refractivity contribution in [2.75, 3.05) is 0 Å². The Morgan fingerprint density at radius 2 is 1.67 bits per heavy atom. The van der Waals surface area contributed by atoms with Gasteiger partial charge in [0.2, 0.25) is 0 Å². The van der Waals surface area contributed by atoms with E-state index in [1.807, 2.05) is 7.05 Å². The maximum Gasteiger partial charge on any atom is 0.123 e. The number of aryl methyl sites for hydroxylation is 3. The van der Waals surface area contributed by atoms with Crippen LogP contribution in [-0.2, 0) is 13.6 Å². The van der Waals surface area contributed by atoms with Crippen LogP contribution in [0.5, 0.6) is 0 Å². The van der Waals surface area contributed by atoms with Crippen molar-refractivity contribution in [3.63, 3.8) is 0 Å². The molecule has 2 N–H and O–H groups in total. The Morgan fingerprint density at radius 1 is 1.06 bits per heavy atom. The van der Waals surface area contributed by atoms with Gasteiger partial charge in [-0.1, -0.05) is 6.07 Å². The molecule has 96 valence electrons. The van der Waals surface area contributed by atoms with Crippen LogP contribution in [-0.4, -0.2) is 9.55 Å². The van der Waals surface area contributed by atoms with Crippen molar-refractivity contribution in [1.29, 1.82) is 0 Å². The van der Waals surface area contributed by atoms with E-state index in [9.17, 15) is 0 Å². The molecule has 0 radical (unpaired) electrons. The summed E-state index contributed by atoms with van der Waals surface area (Å²) >= 11 is 0. The normalized spacial score (nSPS) is 11.0. The van der Waals surface area contributed by atoms with Crippen LogP contribution in [0.15, 0.2) is 12.1 Å². The highest BCUT2D eigenvalue weighted by Crippen LogP contribution is 2.28. The quantitative estimate of drug-likeness (QED) is 0.881. The van der Waals surface area contributed by atoms with Gasteiger partial charge >= 0.3 is 0 Å². The smallest absolute Gasteiger partial charge is 0.123 e. The van der Waals surface area contributed by atoms with Crippen molar-refractivity contribution in [3.8, 4) is 11.3 Å². The first-order valence-corrected chi connectivity index (χ1v) is 6.26. The Kier molecular flexibility index (Phi) is 3.26. The second-order valence-corrected chi connectivity index (χ2v) is 4.98. The summed E-state index contributed by atoms with van der Waals surface area (Å²) in [6, 6.07) is 4.45. The van der Waals surface area contributed by atoms with Gasteiger partial charge in [0.05, 0.1) is 12.2 Å². The van der Waals surface area contributed by atoms with Crippen LogP contribution < -0.4 is 5.73 Å². The minimum atomic E-state index is 0.473. The molecule has 0 saturated carbocycles. The van der Waals surface area contributed by atoms with E-state index in [0.717, 1.165) is 11.5 Å². The van der Waals surface area contributed by atoms with Gasteiger partial charge in [-0.15, -0.1) is 0 Å². The molecule has 0 aliphatic carbocycles. The molecule has 0 saturated heterocycles. The largest absolute Gasteiger partial charge is 0.334 e. The first-order chi connectivity index (χ1) is 8.45. The molecule has 0 atom stereocenters. The molecule has 0 unspecified atom stereocenters. The lowest BCUT2D eigenvalue weighted by Gasteiger charge is -2.09. The predicted octanol–water partition coefficient (Wildman–Crippen LogP) is 2.78. The van der Waals surface area contributed by atoms with E-state index < -0.39 is 0 Å². The van der Waals surface area contributed by atoms with Crippen molar-refractivity contribution < 1.29 is 0 Å². The van der Waals surface area contributed by atoms with E-state index in [1.165, 1.54) is 27.9 Å². The summed E-state index contributed by atoms with van der Waals surface area (Å²) in [7, 11) is 2.02.